The number of hydrogen-bond donors (Lipinski definition) is 3. The molecule has 49 heavy (non-hydrogen) atoms. The Morgan fingerprint density at radius 1 is 0.449 bits per heavy atom. The number of nitrogens with zero attached hydrogens (tertiary/aromatic N) is 34. The minimum Gasteiger partial charge on any atom is -0.378 e. The van der Waals surface area contributed by atoms with Crippen molar-refractivity contribution < 1.29 is 23.4 Å². The third kappa shape index (κ3) is 37.3. The zero-order valence-electron chi connectivity index (χ0n) is 23.1. The highest BCUT2D eigenvalue weighted by molar-refractivity contribution is 8.76. The van der Waals surface area contributed by atoms with Crippen LogP contribution in [-0.4, -0.2) is 29.6 Å². The van der Waals surface area contributed by atoms with Crippen LogP contribution in [0.5, 0.6) is 0 Å². The summed E-state index contributed by atoms with van der Waals surface area (Å²) < 4.78 is 20.5. The van der Waals surface area contributed by atoms with Crippen molar-refractivity contribution in [3.63, 3.8) is 0 Å². The van der Waals surface area contributed by atoms with E-state index in [-0.39, 0.29) is 13.2 Å². The van der Waals surface area contributed by atoms with Gasteiger partial charge in [0.05, 0.1) is 11.9 Å². The molecule has 0 aromatic heterocycles. The van der Waals surface area contributed by atoms with Crippen molar-refractivity contribution in [2.45, 2.75) is 6.42 Å². The predicted molar refractivity (Wildman–Crippen MR) is 140 cm³/mol. The van der Waals surface area contributed by atoms with Crippen LogP contribution < -0.4 is 0 Å². The fraction of sp³-hybridized carbons (Fsp3) is 1.00. The first-order valence-electron chi connectivity index (χ1n) is 10.8. The normalized spacial score (nSPS) is 15.2. The maximum Gasteiger partial charge on any atom is 0.549 e. The van der Waals surface area contributed by atoms with Crippen LogP contribution in [0.25, 0.3) is 0 Å². The van der Waals surface area contributed by atoms with Crippen LogP contribution in [0.3, 0.4) is 0 Å². The molecule has 0 radical (unpaired) electrons. The van der Waals surface area contributed by atoms with Crippen molar-refractivity contribution in [1.82, 2.24) is 0 Å². The molecule has 41 nitrogen and oxygen atoms in total. The Bertz CT molecular complexity index is 1420. The number of hydrogen-bond acceptors (Lipinski definition) is 10. The standard InChI is InChI=1S/C5H13N36O5PS2/c6-8-10-12-14-16-18-20-22-24-26-28-30-32-34-36-38-40-44-2-1-4-48-49-5-3-45-47(42,43)46-41-39-37-35-33-31-29-27-25-23-21-19-17-15-13-11-9-7/h6-7H,1-5H2,(H,42,43)/b8-6?,9-7?,12-10+,13-11+,16-14+,17-15+,20-18+,21-19+,24-22+,25-23+,28-26+,29-27+,32-30+,33-31+,36-34+,37-35+,40-38-,41-39-. The summed E-state index contributed by atoms with van der Waals surface area (Å²) in [5.74, 6) is 0.958. The van der Waals surface area contributed by atoms with E-state index < -0.39 is 7.82 Å². The molecule has 1 atom stereocenters. The molecule has 0 saturated carbocycles. The number of nitrogens with one attached hydrogen (secondary N) is 2. The van der Waals surface area contributed by atoms with E-state index in [2.05, 4.69) is 187 Å². The summed E-state index contributed by atoms with van der Waals surface area (Å²) in [6.07, 6.45) is 0.575. The molecule has 0 saturated heterocycles. The maximum absolute atomic E-state index is 11.6. The highest BCUT2D eigenvalue weighted by Crippen LogP contribution is 2.43. The Balaban J connectivity index is 3.83. The van der Waals surface area contributed by atoms with Gasteiger partial charge in [-0.3, -0.25) is 14.0 Å². The summed E-state index contributed by atoms with van der Waals surface area (Å²) in [6, 6.07) is 0. The van der Waals surface area contributed by atoms with Crippen LogP contribution in [0.2, 0.25) is 0 Å². The Morgan fingerprint density at radius 3 is 1.16 bits per heavy atom. The van der Waals surface area contributed by atoms with Crippen molar-refractivity contribution >= 4 is 29.4 Å². The highest BCUT2D eigenvalue weighted by atomic mass is 33.1. The lowest BCUT2D eigenvalue weighted by Crippen LogP contribution is -1.96. The van der Waals surface area contributed by atoms with Gasteiger partial charge in [-0.15, -0.1) is 0 Å². The summed E-state index contributed by atoms with van der Waals surface area (Å²) in [4.78, 5) is 14.3. The van der Waals surface area contributed by atoms with Gasteiger partial charge in [0.25, 0.3) is 0 Å². The quantitative estimate of drug-likeness (QED) is 0.0229. The maximum atomic E-state index is 11.6. The molecule has 0 rings (SSSR count). The highest BCUT2D eigenvalue weighted by Gasteiger charge is 2.22. The average molecular weight is 753 g/mol. The first-order valence-corrected chi connectivity index (χ1v) is 14.8. The van der Waals surface area contributed by atoms with Gasteiger partial charge >= 0.3 is 7.82 Å². The van der Waals surface area contributed by atoms with Crippen LogP contribution in [0.15, 0.2) is 178 Å². The second-order valence-corrected chi connectivity index (χ2v) is 9.32. The monoisotopic (exact) mass is 752 g/mol. The summed E-state index contributed by atoms with van der Waals surface area (Å²) in [5, 5.41) is 100. The van der Waals surface area contributed by atoms with E-state index in [4.69, 9.17) is 15.9 Å². The molecule has 0 aliphatic carbocycles. The van der Waals surface area contributed by atoms with Crippen LogP contribution in [0.1, 0.15) is 6.42 Å². The summed E-state index contributed by atoms with van der Waals surface area (Å²) in [6.45, 7) is 0.0522. The van der Waals surface area contributed by atoms with Crippen LogP contribution >= 0.6 is 29.4 Å². The fourth-order valence-corrected chi connectivity index (χ4v) is 3.68. The minimum absolute atomic E-state index is 0.154. The van der Waals surface area contributed by atoms with Crippen LogP contribution in [0.4, 0.5) is 0 Å². The summed E-state index contributed by atoms with van der Waals surface area (Å²) >= 11 is 0. The summed E-state index contributed by atoms with van der Waals surface area (Å²) in [5.41, 5.74) is 12.5. The van der Waals surface area contributed by atoms with Crippen molar-refractivity contribution in [1.29, 1.82) is 11.1 Å². The van der Waals surface area contributed by atoms with Gasteiger partial charge in [0, 0.05) is 100 Å². The second-order valence-electron chi connectivity index (χ2n) is 5.26. The largest absolute Gasteiger partial charge is 0.549 e. The van der Waals surface area contributed by atoms with Gasteiger partial charge < -0.3 is 4.84 Å². The van der Waals surface area contributed by atoms with Gasteiger partial charge in [0.2, 0.25) is 0 Å². The molecule has 0 aromatic rings. The second kappa shape index (κ2) is 35.7. The van der Waals surface area contributed by atoms with Crippen molar-refractivity contribution in [3.05, 3.63) is 0 Å². The SMILES string of the molecule is N=N/N=N/N=N/N=N/N=N/N=N/N=N/N=N/N=N\OCCCSSCCOP(=O)(O)O\N=N/N=N/N=N/N=N/N=N/N=N/N=N/N=N/N=N. The molecule has 3 N–H and O–H groups in total. The molecular weight excluding hydrogens is 739 g/mol. The smallest absolute Gasteiger partial charge is 0.378 e. The minimum atomic E-state index is -4.54. The molecular formula is C5H13N36O5PS2. The molecule has 0 fully saturated rings. The van der Waals surface area contributed by atoms with E-state index in [0.717, 1.165) is 0 Å². The molecule has 0 spiro atoms. The molecule has 0 aromatic carbocycles. The van der Waals surface area contributed by atoms with Crippen LogP contribution in [-0.2, 0) is 18.6 Å². The van der Waals surface area contributed by atoms with E-state index in [1.165, 1.54) is 21.6 Å². The third-order valence-corrected chi connectivity index (χ3v) is 5.69. The van der Waals surface area contributed by atoms with Gasteiger partial charge in [0.1, 0.15) is 6.61 Å². The molecule has 0 bridgehead atoms. The number of phosphoric acid groups is 1. The fourth-order valence-electron chi connectivity index (χ4n) is 1.18. The van der Waals surface area contributed by atoms with Crippen molar-refractivity contribution in [2.75, 3.05) is 24.7 Å². The molecule has 44 heteroatoms. The third-order valence-electron chi connectivity index (χ3n) is 2.45. The predicted octanol–water partition coefficient (Wildman–Crippen LogP) is 8.68. The van der Waals surface area contributed by atoms with E-state index in [1.54, 1.807) is 0 Å². The zero-order valence-corrected chi connectivity index (χ0v) is 25.6. The molecule has 260 valence electrons. The number of rotatable bonds is 28. The van der Waals surface area contributed by atoms with Crippen LogP contribution in [0, 0.1) is 11.1 Å². The topological polar surface area (TPSA) is 533 Å². The average Bonchev–Trinajstić information content (AvgIpc) is 3.09. The Labute approximate surface area is 273 Å². The molecule has 0 aliphatic rings. The van der Waals surface area contributed by atoms with Gasteiger partial charge in [0.15, 0.2) is 0 Å². The van der Waals surface area contributed by atoms with E-state index in [9.17, 15) is 9.46 Å². The van der Waals surface area contributed by atoms with E-state index in [0.29, 0.717) is 17.9 Å². The Kier molecular flexibility index (Phi) is 30.8. The van der Waals surface area contributed by atoms with E-state index >= 15 is 0 Å². The molecule has 0 amide bonds. The zero-order chi connectivity index (χ0) is 35.6. The van der Waals surface area contributed by atoms with Gasteiger partial charge in [-0.2, -0.15) is 11.1 Å². The first-order chi connectivity index (χ1) is 24.1. The number of phosphoric ester groups is 1. The first kappa shape index (κ1) is 42.2. The lowest BCUT2D eigenvalue weighted by molar-refractivity contribution is 0.123. The molecule has 0 heterocycles. The lowest BCUT2D eigenvalue weighted by Gasteiger charge is -2.06. The summed E-state index contributed by atoms with van der Waals surface area (Å²) in [7, 11) is -1.77. The van der Waals surface area contributed by atoms with Gasteiger partial charge in [-0.05, 0) is 90.0 Å². The van der Waals surface area contributed by atoms with Crippen molar-refractivity contribution in [3.8, 4) is 0 Å². The Hall–Kier alpha value is -6.75. The van der Waals surface area contributed by atoms with Crippen molar-refractivity contribution in [2.24, 2.45) is 178 Å². The van der Waals surface area contributed by atoms with Gasteiger partial charge in [-0.25, -0.2) is 4.57 Å². The van der Waals surface area contributed by atoms with E-state index in [1.807, 2.05) is 0 Å². The van der Waals surface area contributed by atoms with Gasteiger partial charge in [-0.1, -0.05) is 21.6 Å². The molecule has 1 unspecified atom stereocenters. The molecule has 0 aliphatic heterocycles. The Morgan fingerprint density at radius 2 is 0.776 bits per heavy atom. The lowest BCUT2D eigenvalue weighted by atomic mass is 10.5.